The zero-order valence-corrected chi connectivity index (χ0v) is 13.9. The first-order chi connectivity index (χ1) is 12.0. The van der Waals surface area contributed by atoms with Crippen molar-refractivity contribution in [1.82, 2.24) is 14.7 Å². The molecule has 1 fully saturated rings. The Bertz CT molecular complexity index is 846. The molecule has 0 unspecified atom stereocenters. The summed E-state index contributed by atoms with van der Waals surface area (Å²) in [5.74, 6) is -0.601. The molecular weight excluding hydrogens is 322 g/mol. The molecule has 2 aliphatic heterocycles. The minimum Gasteiger partial charge on any atom is -0.492 e. The van der Waals surface area contributed by atoms with Gasteiger partial charge in [0.25, 0.3) is 0 Å². The van der Waals surface area contributed by atoms with Crippen molar-refractivity contribution in [2.45, 2.75) is 19.4 Å². The van der Waals surface area contributed by atoms with Crippen LogP contribution in [-0.2, 0) is 16.1 Å². The molecule has 25 heavy (non-hydrogen) atoms. The van der Waals surface area contributed by atoms with Gasteiger partial charge in [-0.25, -0.2) is 0 Å². The maximum atomic E-state index is 12.7. The summed E-state index contributed by atoms with van der Waals surface area (Å²) in [7, 11) is 0. The number of amides is 1. The zero-order chi connectivity index (χ0) is 17.6. The summed E-state index contributed by atoms with van der Waals surface area (Å²) in [4.78, 5) is 26.4. The molecule has 2 aromatic rings. The summed E-state index contributed by atoms with van der Waals surface area (Å²) >= 11 is 0. The van der Waals surface area contributed by atoms with Gasteiger partial charge in [-0.2, -0.15) is 5.10 Å². The van der Waals surface area contributed by atoms with Crippen molar-refractivity contribution in [2.24, 2.45) is 5.41 Å². The molecule has 2 aliphatic rings. The molecule has 1 aromatic heterocycles. The number of carboxylic acids is 1. The Morgan fingerprint density at radius 2 is 2.16 bits per heavy atom. The molecule has 7 heteroatoms. The number of aromatic nitrogens is 2. The quantitative estimate of drug-likeness (QED) is 0.909. The lowest BCUT2D eigenvalue weighted by Gasteiger charge is -2.35. The van der Waals surface area contributed by atoms with E-state index in [1.165, 1.54) is 0 Å². The normalized spacial score (nSPS) is 24.4. The number of hydrogen-bond donors (Lipinski definition) is 1. The SMILES string of the molecule is Cc1ccnn1CC(=O)N1C[C@H]2c3ccccc3OC[C@@]2(C(=O)O)C1. The Morgan fingerprint density at radius 1 is 1.36 bits per heavy atom. The molecule has 1 N–H and O–H groups in total. The molecule has 3 heterocycles. The van der Waals surface area contributed by atoms with Gasteiger partial charge in [0, 0.05) is 36.5 Å². The Hall–Kier alpha value is -2.83. The minimum absolute atomic E-state index is 0.0780. The van der Waals surface area contributed by atoms with Crippen molar-refractivity contribution in [1.29, 1.82) is 0 Å². The van der Waals surface area contributed by atoms with Crippen LogP contribution in [0.1, 0.15) is 17.2 Å². The van der Waals surface area contributed by atoms with Crippen molar-refractivity contribution < 1.29 is 19.4 Å². The highest BCUT2D eigenvalue weighted by atomic mass is 16.5. The molecule has 4 rings (SSSR count). The number of benzene rings is 1. The van der Waals surface area contributed by atoms with Crippen LogP contribution in [0.4, 0.5) is 0 Å². The van der Waals surface area contributed by atoms with Gasteiger partial charge in [0.15, 0.2) is 0 Å². The third-order valence-corrected chi connectivity index (χ3v) is 5.32. The molecule has 130 valence electrons. The Morgan fingerprint density at radius 3 is 2.88 bits per heavy atom. The van der Waals surface area contributed by atoms with Gasteiger partial charge in [0.1, 0.15) is 24.3 Å². The van der Waals surface area contributed by atoms with Crippen LogP contribution < -0.4 is 4.74 Å². The smallest absolute Gasteiger partial charge is 0.315 e. The molecule has 7 nitrogen and oxygen atoms in total. The molecule has 0 saturated carbocycles. The number of para-hydroxylation sites is 1. The first kappa shape index (κ1) is 15.7. The highest BCUT2D eigenvalue weighted by Gasteiger charge is 2.57. The standard InChI is InChI=1S/C18H19N3O4/c1-12-6-7-19-21(12)9-16(22)20-8-14-13-4-2-3-5-15(13)25-11-18(14,10-20)17(23)24/h2-7,14H,8-11H2,1H3,(H,23,24)/t14-,18-/m0/s1. The molecule has 1 aromatic carbocycles. The van der Waals surface area contributed by atoms with Crippen LogP contribution in [0.5, 0.6) is 5.75 Å². The van der Waals surface area contributed by atoms with E-state index in [1.807, 2.05) is 37.3 Å². The number of aliphatic carboxylic acids is 1. The molecule has 2 atom stereocenters. The monoisotopic (exact) mass is 341 g/mol. The van der Waals surface area contributed by atoms with Crippen LogP contribution in [0.15, 0.2) is 36.5 Å². The van der Waals surface area contributed by atoms with Gasteiger partial charge in [-0.3, -0.25) is 14.3 Å². The van der Waals surface area contributed by atoms with E-state index in [1.54, 1.807) is 15.8 Å². The lowest BCUT2D eigenvalue weighted by atomic mass is 9.73. The molecular formula is C18H19N3O4. The van der Waals surface area contributed by atoms with E-state index in [-0.39, 0.29) is 31.5 Å². The van der Waals surface area contributed by atoms with Crippen LogP contribution >= 0.6 is 0 Å². The largest absolute Gasteiger partial charge is 0.492 e. The fraction of sp³-hybridized carbons (Fsp3) is 0.389. The highest BCUT2D eigenvalue weighted by molar-refractivity contribution is 5.82. The lowest BCUT2D eigenvalue weighted by molar-refractivity contribution is -0.152. The van der Waals surface area contributed by atoms with E-state index in [4.69, 9.17) is 4.74 Å². The number of rotatable bonds is 3. The van der Waals surface area contributed by atoms with E-state index in [0.29, 0.717) is 12.3 Å². The number of carbonyl (C=O) groups is 2. The molecule has 0 bridgehead atoms. The number of aryl methyl sites for hydroxylation is 1. The third kappa shape index (κ3) is 2.38. The van der Waals surface area contributed by atoms with Crippen molar-refractivity contribution in [2.75, 3.05) is 19.7 Å². The maximum Gasteiger partial charge on any atom is 0.315 e. The number of carboxylic acid groups (broad SMARTS) is 1. The van der Waals surface area contributed by atoms with E-state index in [2.05, 4.69) is 5.10 Å². The number of ether oxygens (including phenoxy) is 1. The number of hydrogen-bond acceptors (Lipinski definition) is 4. The van der Waals surface area contributed by atoms with Crippen molar-refractivity contribution in [3.05, 3.63) is 47.8 Å². The summed E-state index contributed by atoms with van der Waals surface area (Å²) in [5.41, 5.74) is 0.664. The van der Waals surface area contributed by atoms with Gasteiger partial charge in [-0.15, -0.1) is 0 Å². The minimum atomic E-state index is -1.09. The summed E-state index contributed by atoms with van der Waals surface area (Å²) < 4.78 is 7.35. The lowest BCUT2D eigenvalue weighted by Crippen LogP contribution is -2.46. The Balaban J connectivity index is 1.63. The summed E-state index contributed by atoms with van der Waals surface area (Å²) in [6.45, 7) is 2.61. The van der Waals surface area contributed by atoms with Gasteiger partial charge < -0.3 is 14.7 Å². The van der Waals surface area contributed by atoms with Crippen LogP contribution in [0.3, 0.4) is 0 Å². The van der Waals surface area contributed by atoms with Gasteiger partial charge in [-0.05, 0) is 19.1 Å². The van der Waals surface area contributed by atoms with Crippen LogP contribution in [0.25, 0.3) is 0 Å². The van der Waals surface area contributed by atoms with Gasteiger partial charge in [0.05, 0.1) is 0 Å². The van der Waals surface area contributed by atoms with E-state index in [0.717, 1.165) is 11.3 Å². The summed E-state index contributed by atoms with van der Waals surface area (Å²) in [6, 6.07) is 9.31. The van der Waals surface area contributed by atoms with Gasteiger partial charge in [0.2, 0.25) is 5.91 Å². The molecule has 1 amide bonds. The molecule has 0 radical (unpaired) electrons. The Labute approximate surface area is 144 Å². The second-order valence-electron chi connectivity index (χ2n) is 6.74. The van der Waals surface area contributed by atoms with Crippen molar-refractivity contribution >= 4 is 11.9 Å². The van der Waals surface area contributed by atoms with Gasteiger partial charge >= 0.3 is 5.97 Å². The van der Waals surface area contributed by atoms with Crippen molar-refractivity contribution in [3.8, 4) is 5.75 Å². The summed E-state index contributed by atoms with van der Waals surface area (Å²) in [5, 5.41) is 14.0. The first-order valence-electron chi connectivity index (χ1n) is 8.22. The zero-order valence-electron chi connectivity index (χ0n) is 13.9. The number of likely N-dealkylation sites (tertiary alicyclic amines) is 1. The number of carbonyl (C=O) groups excluding carboxylic acids is 1. The summed E-state index contributed by atoms with van der Waals surface area (Å²) in [6.07, 6.45) is 1.65. The van der Waals surface area contributed by atoms with Crippen LogP contribution in [0, 0.1) is 12.3 Å². The number of nitrogens with zero attached hydrogens (tertiary/aromatic N) is 3. The van der Waals surface area contributed by atoms with Crippen LogP contribution in [-0.4, -0.2) is 51.4 Å². The topological polar surface area (TPSA) is 84.7 Å². The highest BCUT2D eigenvalue weighted by Crippen LogP contribution is 2.49. The van der Waals surface area contributed by atoms with E-state index < -0.39 is 11.4 Å². The molecule has 0 spiro atoms. The number of fused-ring (bicyclic) bond motifs is 3. The fourth-order valence-electron chi connectivity index (χ4n) is 3.82. The molecule has 0 aliphatic carbocycles. The van der Waals surface area contributed by atoms with Crippen molar-refractivity contribution in [3.63, 3.8) is 0 Å². The fourth-order valence-corrected chi connectivity index (χ4v) is 3.82. The predicted molar refractivity (Wildman–Crippen MR) is 88.3 cm³/mol. The third-order valence-electron chi connectivity index (χ3n) is 5.32. The van der Waals surface area contributed by atoms with E-state index >= 15 is 0 Å². The molecule has 1 saturated heterocycles. The first-order valence-corrected chi connectivity index (χ1v) is 8.22. The average Bonchev–Trinajstić information content (AvgIpc) is 3.19. The van der Waals surface area contributed by atoms with Gasteiger partial charge in [-0.1, -0.05) is 18.2 Å². The average molecular weight is 341 g/mol. The Kier molecular flexibility index (Phi) is 3.52. The second-order valence-corrected chi connectivity index (χ2v) is 6.74. The maximum absolute atomic E-state index is 12.7. The van der Waals surface area contributed by atoms with Crippen LogP contribution in [0.2, 0.25) is 0 Å². The second kappa shape index (κ2) is 5.61. The predicted octanol–water partition coefficient (Wildman–Crippen LogP) is 1.28. The van der Waals surface area contributed by atoms with E-state index in [9.17, 15) is 14.7 Å².